The molecule has 0 saturated heterocycles. The number of rotatable bonds is 4. The molecule has 1 aliphatic carbocycles. The van der Waals surface area contributed by atoms with E-state index in [0.717, 1.165) is 17.6 Å². The first-order valence-electron chi connectivity index (χ1n) is 6.81. The molecular weight excluding hydrogens is 226 g/mol. The number of nitrogens with zero attached hydrogens (tertiary/aromatic N) is 2. The Balaban J connectivity index is 2.09. The average Bonchev–Trinajstić information content (AvgIpc) is 2.38. The van der Waals surface area contributed by atoms with E-state index in [0.29, 0.717) is 11.9 Å². The zero-order chi connectivity index (χ0) is 13.0. The van der Waals surface area contributed by atoms with Gasteiger partial charge in [-0.3, -0.25) is 0 Å². The summed E-state index contributed by atoms with van der Waals surface area (Å²) in [6.07, 6.45) is 6.44. The second-order valence-electron chi connectivity index (χ2n) is 5.03. The third-order valence-corrected chi connectivity index (χ3v) is 3.75. The van der Waals surface area contributed by atoms with Gasteiger partial charge < -0.3 is 10.7 Å². The predicted octanol–water partition coefficient (Wildman–Crippen LogP) is 2.45. The van der Waals surface area contributed by atoms with E-state index in [2.05, 4.69) is 27.6 Å². The molecular formula is C13H23N5. The molecule has 5 heteroatoms. The molecule has 1 fully saturated rings. The maximum Gasteiger partial charge on any atom is 0.145 e. The standard InChI is InChI=1S/C13H23N5/c1-3-10-6-4-5-7-11(10)17-12-8-13(18-14)16-9(2)15-12/h8,10-11H,3-7,14H2,1-2H3,(H2,15,16,17,18). The van der Waals surface area contributed by atoms with E-state index in [1.54, 1.807) is 0 Å². The van der Waals surface area contributed by atoms with Crippen molar-refractivity contribution < 1.29 is 0 Å². The van der Waals surface area contributed by atoms with Crippen LogP contribution in [0.1, 0.15) is 44.9 Å². The molecule has 2 unspecified atom stereocenters. The van der Waals surface area contributed by atoms with Gasteiger partial charge in [0.1, 0.15) is 17.5 Å². The quantitative estimate of drug-likeness (QED) is 0.564. The summed E-state index contributed by atoms with van der Waals surface area (Å²) < 4.78 is 0. The minimum atomic E-state index is 0.531. The molecule has 4 N–H and O–H groups in total. The summed E-state index contributed by atoms with van der Waals surface area (Å²) in [6.45, 7) is 4.15. The van der Waals surface area contributed by atoms with Crippen LogP contribution in [0.5, 0.6) is 0 Å². The first-order chi connectivity index (χ1) is 8.72. The van der Waals surface area contributed by atoms with Crippen LogP contribution in [-0.2, 0) is 0 Å². The molecule has 0 radical (unpaired) electrons. The first kappa shape index (κ1) is 13.1. The summed E-state index contributed by atoms with van der Waals surface area (Å²) in [6, 6.07) is 2.40. The number of hydrogen-bond acceptors (Lipinski definition) is 5. The molecule has 0 aliphatic heterocycles. The van der Waals surface area contributed by atoms with Gasteiger partial charge in [-0.2, -0.15) is 0 Å². The van der Waals surface area contributed by atoms with Crippen molar-refractivity contribution in [1.29, 1.82) is 0 Å². The van der Waals surface area contributed by atoms with E-state index in [-0.39, 0.29) is 0 Å². The molecule has 0 amide bonds. The van der Waals surface area contributed by atoms with Gasteiger partial charge in [-0.15, -0.1) is 0 Å². The highest BCUT2D eigenvalue weighted by Crippen LogP contribution is 2.29. The molecule has 1 heterocycles. The SMILES string of the molecule is CCC1CCCCC1Nc1cc(NN)nc(C)n1. The Morgan fingerprint density at radius 1 is 1.28 bits per heavy atom. The Morgan fingerprint density at radius 2 is 2.00 bits per heavy atom. The van der Waals surface area contributed by atoms with Crippen molar-refractivity contribution in [2.75, 3.05) is 10.7 Å². The number of nitrogens with one attached hydrogen (secondary N) is 2. The van der Waals surface area contributed by atoms with Gasteiger partial charge >= 0.3 is 0 Å². The Labute approximate surface area is 109 Å². The van der Waals surface area contributed by atoms with Gasteiger partial charge in [-0.1, -0.05) is 26.2 Å². The van der Waals surface area contributed by atoms with E-state index in [9.17, 15) is 0 Å². The zero-order valence-corrected chi connectivity index (χ0v) is 11.2. The van der Waals surface area contributed by atoms with Crippen LogP contribution in [0, 0.1) is 12.8 Å². The van der Waals surface area contributed by atoms with Crippen molar-refractivity contribution in [1.82, 2.24) is 9.97 Å². The summed E-state index contributed by atoms with van der Waals surface area (Å²) in [7, 11) is 0. The van der Waals surface area contributed by atoms with E-state index >= 15 is 0 Å². The fourth-order valence-electron chi connectivity index (χ4n) is 2.79. The van der Waals surface area contributed by atoms with E-state index in [1.165, 1.54) is 32.1 Å². The lowest BCUT2D eigenvalue weighted by Crippen LogP contribution is -2.32. The van der Waals surface area contributed by atoms with Crippen LogP contribution in [0.3, 0.4) is 0 Å². The number of nitrogens with two attached hydrogens (primary N) is 1. The molecule has 100 valence electrons. The largest absolute Gasteiger partial charge is 0.367 e. The smallest absolute Gasteiger partial charge is 0.145 e. The minimum Gasteiger partial charge on any atom is -0.367 e. The van der Waals surface area contributed by atoms with Crippen molar-refractivity contribution in [3.63, 3.8) is 0 Å². The number of aryl methyl sites for hydroxylation is 1. The zero-order valence-electron chi connectivity index (χ0n) is 11.2. The lowest BCUT2D eigenvalue weighted by molar-refractivity contribution is 0.317. The van der Waals surface area contributed by atoms with Gasteiger partial charge in [0.05, 0.1) is 0 Å². The van der Waals surface area contributed by atoms with Crippen LogP contribution in [0.4, 0.5) is 11.6 Å². The van der Waals surface area contributed by atoms with Gasteiger partial charge in [-0.05, 0) is 25.7 Å². The number of hydrazine groups is 1. The summed E-state index contributed by atoms with van der Waals surface area (Å²) in [5.74, 6) is 8.43. The van der Waals surface area contributed by atoms with Gasteiger partial charge in [0.15, 0.2) is 0 Å². The third-order valence-electron chi connectivity index (χ3n) is 3.75. The summed E-state index contributed by atoms with van der Waals surface area (Å²) in [5.41, 5.74) is 2.58. The molecule has 18 heavy (non-hydrogen) atoms. The molecule has 1 aromatic rings. The highest BCUT2D eigenvalue weighted by Gasteiger charge is 2.23. The van der Waals surface area contributed by atoms with Crippen molar-refractivity contribution in [2.24, 2.45) is 11.8 Å². The molecule has 1 aromatic heterocycles. The molecule has 5 nitrogen and oxygen atoms in total. The summed E-state index contributed by atoms with van der Waals surface area (Å²) in [5, 5.41) is 3.55. The highest BCUT2D eigenvalue weighted by atomic mass is 15.3. The second-order valence-corrected chi connectivity index (χ2v) is 5.03. The van der Waals surface area contributed by atoms with Crippen molar-refractivity contribution in [2.45, 2.75) is 52.0 Å². The van der Waals surface area contributed by atoms with Gasteiger partial charge in [0, 0.05) is 12.1 Å². The van der Waals surface area contributed by atoms with Crippen LogP contribution in [-0.4, -0.2) is 16.0 Å². The Kier molecular flexibility index (Phi) is 4.36. The number of anilines is 2. The maximum absolute atomic E-state index is 5.41. The van der Waals surface area contributed by atoms with Gasteiger partial charge in [0.2, 0.25) is 0 Å². The van der Waals surface area contributed by atoms with Gasteiger partial charge in [-0.25, -0.2) is 15.8 Å². The predicted molar refractivity (Wildman–Crippen MR) is 74.2 cm³/mol. The third kappa shape index (κ3) is 3.10. The molecule has 1 aliphatic rings. The van der Waals surface area contributed by atoms with E-state index in [4.69, 9.17) is 5.84 Å². The molecule has 0 bridgehead atoms. The molecule has 2 rings (SSSR count). The average molecular weight is 249 g/mol. The van der Waals surface area contributed by atoms with Crippen LogP contribution >= 0.6 is 0 Å². The monoisotopic (exact) mass is 249 g/mol. The fourth-order valence-corrected chi connectivity index (χ4v) is 2.79. The normalized spacial score (nSPS) is 23.7. The Bertz CT molecular complexity index is 393. The topological polar surface area (TPSA) is 75.9 Å². The minimum absolute atomic E-state index is 0.531. The Hall–Kier alpha value is -1.36. The summed E-state index contributed by atoms with van der Waals surface area (Å²) in [4.78, 5) is 8.62. The molecule has 1 saturated carbocycles. The van der Waals surface area contributed by atoms with Crippen LogP contribution in [0.15, 0.2) is 6.07 Å². The Morgan fingerprint density at radius 3 is 2.72 bits per heavy atom. The van der Waals surface area contributed by atoms with Crippen LogP contribution in [0.2, 0.25) is 0 Å². The van der Waals surface area contributed by atoms with Crippen molar-refractivity contribution >= 4 is 11.6 Å². The number of nitrogen functional groups attached to an aromatic ring is 1. The van der Waals surface area contributed by atoms with Crippen molar-refractivity contribution in [3.8, 4) is 0 Å². The molecule has 0 spiro atoms. The lowest BCUT2D eigenvalue weighted by atomic mass is 9.83. The van der Waals surface area contributed by atoms with Gasteiger partial charge in [0.25, 0.3) is 0 Å². The maximum atomic E-state index is 5.41. The number of hydrogen-bond donors (Lipinski definition) is 3. The lowest BCUT2D eigenvalue weighted by Gasteiger charge is -2.32. The molecule has 2 atom stereocenters. The fraction of sp³-hybridized carbons (Fsp3) is 0.692. The molecule has 0 aromatic carbocycles. The van der Waals surface area contributed by atoms with E-state index < -0.39 is 0 Å². The second kappa shape index (κ2) is 6.00. The van der Waals surface area contributed by atoms with E-state index in [1.807, 2.05) is 13.0 Å². The number of aromatic nitrogens is 2. The first-order valence-corrected chi connectivity index (χ1v) is 6.81. The van der Waals surface area contributed by atoms with Crippen molar-refractivity contribution in [3.05, 3.63) is 11.9 Å². The van der Waals surface area contributed by atoms with Crippen LogP contribution < -0.4 is 16.6 Å². The highest BCUT2D eigenvalue weighted by molar-refractivity contribution is 5.47. The summed E-state index contributed by atoms with van der Waals surface area (Å²) >= 11 is 0. The van der Waals surface area contributed by atoms with Crippen LogP contribution in [0.25, 0.3) is 0 Å².